The number of hydrogen-bond donors (Lipinski definition) is 1. The highest BCUT2D eigenvalue weighted by Gasteiger charge is 2.02. The lowest BCUT2D eigenvalue weighted by molar-refractivity contribution is 0.461. The van der Waals surface area contributed by atoms with E-state index in [-0.39, 0.29) is 0 Å². The van der Waals surface area contributed by atoms with E-state index in [4.69, 9.17) is 10.00 Å². The smallest absolute Gasteiger partial charge is 0.220 e. The maximum absolute atomic E-state index is 8.91. The van der Waals surface area contributed by atoms with E-state index >= 15 is 0 Å². The first kappa shape index (κ1) is 13.1. The predicted molar refractivity (Wildman–Crippen MR) is 73.0 cm³/mol. The summed E-state index contributed by atoms with van der Waals surface area (Å²) in [5, 5.41) is 12.0. The molecule has 0 spiro atoms. The van der Waals surface area contributed by atoms with Gasteiger partial charge in [0.25, 0.3) is 0 Å². The van der Waals surface area contributed by atoms with Crippen LogP contribution in [0.5, 0.6) is 11.6 Å². The largest absolute Gasteiger partial charge is 0.439 e. The summed E-state index contributed by atoms with van der Waals surface area (Å²) in [5.74, 6) is 1.15. The highest BCUT2D eigenvalue weighted by atomic mass is 16.5. The molecule has 0 atom stereocenters. The quantitative estimate of drug-likeness (QED) is 0.910. The molecule has 1 aromatic heterocycles. The van der Waals surface area contributed by atoms with Crippen LogP contribution in [-0.2, 0) is 6.54 Å². The number of nitriles is 1. The zero-order valence-electron chi connectivity index (χ0n) is 11.0. The molecule has 0 aliphatic carbocycles. The Balaban J connectivity index is 2.17. The van der Waals surface area contributed by atoms with Gasteiger partial charge in [-0.1, -0.05) is 12.1 Å². The Morgan fingerprint density at radius 2 is 2.00 bits per heavy atom. The van der Waals surface area contributed by atoms with Crippen LogP contribution in [0.2, 0.25) is 0 Å². The summed E-state index contributed by atoms with van der Waals surface area (Å²) in [6, 6.07) is 13.2. The normalized spacial score (nSPS) is 9.95. The third-order valence-corrected chi connectivity index (χ3v) is 2.59. The van der Waals surface area contributed by atoms with Gasteiger partial charge in [-0.05, 0) is 37.7 Å². The van der Waals surface area contributed by atoms with E-state index in [1.807, 2.05) is 38.2 Å². The van der Waals surface area contributed by atoms with Gasteiger partial charge in [-0.25, -0.2) is 4.98 Å². The van der Waals surface area contributed by atoms with Crippen molar-refractivity contribution < 1.29 is 4.74 Å². The number of rotatable bonds is 4. The molecular formula is C15H15N3O. The van der Waals surface area contributed by atoms with Crippen LogP contribution in [0.25, 0.3) is 0 Å². The molecule has 0 radical (unpaired) electrons. The van der Waals surface area contributed by atoms with Gasteiger partial charge in [-0.2, -0.15) is 5.26 Å². The first-order valence-electron chi connectivity index (χ1n) is 6.01. The number of nitrogens with one attached hydrogen (secondary N) is 1. The van der Waals surface area contributed by atoms with Crippen molar-refractivity contribution in [1.82, 2.24) is 10.3 Å². The second kappa shape index (κ2) is 5.98. The molecule has 96 valence electrons. The SMILES string of the molecule is CNCc1ccc(Oc2cc(C#N)cc(C)n2)cc1. The van der Waals surface area contributed by atoms with Crippen LogP contribution >= 0.6 is 0 Å². The molecule has 0 bridgehead atoms. The molecule has 1 aromatic carbocycles. The standard InChI is InChI=1S/C15H15N3O/c1-11-7-13(9-16)8-15(18-11)19-14-5-3-12(4-6-14)10-17-2/h3-8,17H,10H2,1-2H3. The number of benzene rings is 1. The molecule has 1 heterocycles. The van der Waals surface area contributed by atoms with Crippen LogP contribution in [0.15, 0.2) is 36.4 Å². The minimum absolute atomic E-state index is 0.443. The zero-order chi connectivity index (χ0) is 13.7. The van der Waals surface area contributed by atoms with Gasteiger partial charge < -0.3 is 10.1 Å². The van der Waals surface area contributed by atoms with Crippen LogP contribution in [0.4, 0.5) is 0 Å². The summed E-state index contributed by atoms with van der Waals surface area (Å²) in [6.45, 7) is 2.66. The highest BCUT2D eigenvalue weighted by Crippen LogP contribution is 2.21. The van der Waals surface area contributed by atoms with Gasteiger partial charge in [0.2, 0.25) is 5.88 Å². The topological polar surface area (TPSA) is 57.9 Å². The summed E-state index contributed by atoms with van der Waals surface area (Å²) >= 11 is 0. The number of ether oxygens (including phenoxy) is 1. The molecule has 0 unspecified atom stereocenters. The van der Waals surface area contributed by atoms with E-state index in [9.17, 15) is 0 Å². The fourth-order valence-corrected chi connectivity index (χ4v) is 1.76. The second-order valence-electron chi connectivity index (χ2n) is 4.22. The fraction of sp³-hybridized carbons (Fsp3) is 0.200. The number of nitrogens with zero attached hydrogens (tertiary/aromatic N) is 2. The number of hydrogen-bond acceptors (Lipinski definition) is 4. The Hall–Kier alpha value is -2.38. The van der Waals surface area contributed by atoms with Crippen LogP contribution in [-0.4, -0.2) is 12.0 Å². The van der Waals surface area contributed by atoms with E-state index < -0.39 is 0 Å². The highest BCUT2D eigenvalue weighted by molar-refractivity contribution is 5.37. The van der Waals surface area contributed by atoms with Crippen molar-refractivity contribution in [2.45, 2.75) is 13.5 Å². The Morgan fingerprint density at radius 3 is 2.63 bits per heavy atom. The molecule has 0 aliphatic rings. The summed E-state index contributed by atoms with van der Waals surface area (Å²) in [7, 11) is 1.91. The molecule has 2 aromatic rings. The summed E-state index contributed by atoms with van der Waals surface area (Å²) in [5.41, 5.74) is 2.50. The summed E-state index contributed by atoms with van der Waals surface area (Å²) in [4.78, 5) is 4.25. The van der Waals surface area contributed by atoms with Crippen molar-refractivity contribution in [3.63, 3.8) is 0 Å². The Morgan fingerprint density at radius 1 is 1.26 bits per heavy atom. The van der Waals surface area contributed by atoms with E-state index in [1.54, 1.807) is 12.1 Å². The van der Waals surface area contributed by atoms with E-state index in [2.05, 4.69) is 16.4 Å². The van der Waals surface area contributed by atoms with Crippen LogP contribution in [0, 0.1) is 18.3 Å². The minimum Gasteiger partial charge on any atom is -0.439 e. The van der Waals surface area contributed by atoms with Gasteiger partial charge in [-0.15, -0.1) is 0 Å². The van der Waals surface area contributed by atoms with E-state index in [1.165, 1.54) is 5.56 Å². The lowest BCUT2D eigenvalue weighted by Gasteiger charge is -2.07. The van der Waals surface area contributed by atoms with Crippen molar-refractivity contribution in [2.24, 2.45) is 0 Å². The maximum atomic E-state index is 8.91. The average Bonchev–Trinajstić information content (AvgIpc) is 2.40. The van der Waals surface area contributed by atoms with Gasteiger partial charge in [0, 0.05) is 18.3 Å². The molecule has 0 amide bonds. The first-order valence-corrected chi connectivity index (χ1v) is 6.01. The van der Waals surface area contributed by atoms with Gasteiger partial charge in [-0.3, -0.25) is 0 Å². The van der Waals surface area contributed by atoms with Crippen molar-refractivity contribution >= 4 is 0 Å². The summed E-state index contributed by atoms with van der Waals surface area (Å²) in [6.07, 6.45) is 0. The van der Waals surface area contributed by atoms with Gasteiger partial charge in [0.05, 0.1) is 11.6 Å². The molecule has 4 heteroatoms. The third-order valence-electron chi connectivity index (χ3n) is 2.59. The first-order chi connectivity index (χ1) is 9.21. The third kappa shape index (κ3) is 3.54. The molecule has 1 N–H and O–H groups in total. The van der Waals surface area contributed by atoms with Crippen molar-refractivity contribution in [2.75, 3.05) is 7.05 Å². The zero-order valence-corrected chi connectivity index (χ0v) is 11.0. The van der Waals surface area contributed by atoms with Crippen LogP contribution in [0.1, 0.15) is 16.8 Å². The second-order valence-corrected chi connectivity index (χ2v) is 4.22. The minimum atomic E-state index is 0.443. The molecule has 0 fully saturated rings. The molecule has 19 heavy (non-hydrogen) atoms. The lowest BCUT2D eigenvalue weighted by atomic mass is 10.2. The average molecular weight is 253 g/mol. The van der Waals surface area contributed by atoms with Gasteiger partial charge >= 0.3 is 0 Å². The molecule has 0 aliphatic heterocycles. The maximum Gasteiger partial charge on any atom is 0.220 e. The Bertz CT molecular complexity index is 600. The number of aryl methyl sites for hydroxylation is 1. The van der Waals surface area contributed by atoms with Crippen molar-refractivity contribution in [1.29, 1.82) is 5.26 Å². The molecule has 0 saturated carbocycles. The van der Waals surface area contributed by atoms with E-state index in [0.29, 0.717) is 17.2 Å². The lowest BCUT2D eigenvalue weighted by Crippen LogP contribution is -2.04. The summed E-state index contributed by atoms with van der Waals surface area (Å²) < 4.78 is 5.65. The Kier molecular flexibility index (Phi) is 4.11. The number of pyridine rings is 1. The molecule has 0 saturated heterocycles. The Labute approximate surface area is 112 Å². The number of aromatic nitrogens is 1. The predicted octanol–water partition coefficient (Wildman–Crippen LogP) is 2.77. The van der Waals surface area contributed by atoms with E-state index in [0.717, 1.165) is 12.2 Å². The fourth-order valence-electron chi connectivity index (χ4n) is 1.76. The van der Waals surface area contributed by atoms with Gasteiger partial charge in [0.1, 0.15) is 5.75 Å². The van der Waals surface area contributed by atoms with Crippen molar-refractivity contribution in [3.8, 4) is 17.7 Å². The molecular weight excluding hydrogens is 238 g/mol. The van der Waals surface area contributed by atoms with Crippen LogP contribution < -0.4 is 10.1 Å². The molecule has 4 nitrogen and oxygen atoms in total. The van der Waals surface area contributed by atoms with Crippen molar-refractivity contribution in [3.05, 3.63) is 53.2 Å². The van der Waals surface area contributed by atoms with Gasteiger partial charge in [0.15, 0.2) is 0 Å². The molecule has 2 rings (SSSR count). The van der Waals surface area contributed by atoms with Crippen LogP contribution in [0.3, 0.4) is 0 Å². The monoisotopic (exact) mass is 253 g/mol.